The smallest absolute Gasteiger partial charge is 0.216 e. The average Bonchev–Trinajstić information content (AvgIpc) is 1.90. The van der Waals surface area contributed by atoms with Crippen LogP contribution in [-0.2, 0) is 9.53 Å². The first-order valence-electron chi connectivity index (χ1n) is 3.08. The van der Waals surface area contributed by atoms with E-state index in [4.69, 9.17) is 9.84 Å². The minimum atomic E-state index is -0.288. The molecule has 0 aliphatic carbocycles. The van der Waals surface area contributed by atoms with Gasteiger partial charge in [0.05, 0.1) is 12.7 Å². The van der Waals surface area contributed by atoms with E-state index in [1.54, 1.807) is 0 Å². The van der Waals surface area contributed by atoms with Gasteiger partial charge in [0, 0.05) is 20.6 Å². The number of carbonyl (C=O) groups excluding carboxylic acids is 1. The summed E-state index contributed by atoms with van der Waals surface area (Å²) >= 11 is 0. The summed E-state index contributed by atoms with van der Waals surface area (Å²) in [5, 5.41) is 11.1. The van der Waals surface area contributed by atoms with Gasteiger partial charge in [-0.15, -0.1) is 0 Å². The molecular weight excluding hydrogens is 134 g/mol. The summed E-state index contributed by atoms with van der Waals surface area (Å²) in [5.41, 5.74) is 0. The molecule has 0 saturated carbocycles. The third-order valence-corrected chi connectivity index (χ3v) is 1.12. The van der Waals surface area contributed by atoms with Crippen LogP contribution in [0.15, 0.2) is 0 Å². The van der Waals surface area contributed by atoms with Gasteiger partial charge in [-0.1, -0.05) is 0 Å². The van der Waals surface area contributed by atoms with Gasteiger partial charge in [-0.25, -0.2) is 0 Å². The Hall–Kier alpha value is -0.610. The quantitative estimate of drug-likeness (QED) is 0.543. The minimum Gasteiger partial charge on any atom is -0.394 e. The summed E-state index contributed by atoms with van der Waals surface area (Å²) in [7, 11) is 1.49. The number of hydrogen-bond acceptors (Lipinski definition) is 3. The van der Waals surface area contributed by atoms with Crippen LogP contribution in [0.2, 0.25) is 0 Å². The monoisotopic (exact) mass is 147 g/mol. The third kappa shape index (κ3) is 4.29. The van der Waals surface area contributed by atoms with Crippen LogP contribution in [0, 0.1) is 0 Å². The van der Waals surface area contributed by atoms with Crippen LogP contribution in [0.25, 0.3) is 0 Å². The van der Waals surface area contributed by atoms with Crippen molar-refractivity contribution in [3.63, 3.8) is 0 Å². The highest BCUT2D eigenvalue weighted by molar-refractivity contribution is 5.72. The highest BCUT2D eigenvalue weighted by Gasteiger charge is 2.04. The molecule has 60 valence electrons. The van der Waals surface area contributed by atoms with E-state index >= 15 is 0 Å². The number of aliphatic hydroxyl groups excluding tert-OH is 1. The van der Waals surface area contributed by atoms with Crippen LogP contribution in [0.4, 0.5) is 0 Å². The molecule has 0 bridgehead atoms. The zero-order valence-electron chi connectivity index (χ0n) is 6.26. The second-order valence-electron chi connectivity index (χ2n) is 1.98. The fourth-order valence-electron chi connectivity index (χ4n) is 0.480. The van der Waals surface area contributed by atoms with Gasteiger partial charge in [0.25, 0.3) is 0 Å². The molecule has 0 aromatic rings. The summed E-state index contributed by atoms with van der Waals surface area (Å²) in [6, 6.07) is 0. The Bertz CT molecular complexity index is 101. The first-order chi connectivity index (χ1) is 4.70. The van der Waals surface area contributed by atoms with Crippen LogP contribution < -0.4 is 5.32 Å². The highest BCUT2D eigenvalue weighted by atomic mass is 16.5. The lowest BCUT2D eigenvalue weighted by Gasteiger charge is -2.11. The maximum absolute atomic E-state index is 10.3. The Kier molecular flexibility index (Phi) is 4.88. The number of methoxy groups -OCH3 is 1. The molecular formula is C6H13NO3. The summed E-state index contributed by atoms with van der Waals surface area (Å²) in [4.78, 5) is 10.3. The average molecular weight is 147 g/mol. The topological polar surface area (TPSA) is 58.6 Å². The molecule has 1 atom stereocenters. The minimum absolute atomic E-state index is 0.0726. The van der Waals surface area contributed by atoms with Crippen molar-refractivity contribution < 1.29 is 14.6 Å². The van der Waals surface area contributed by atoms with E-state index in [0.717, 1.165) is 0 Å². The zero-order chi connectivity index (χ0) is 7.98. The maximum Gasteiger partial charge on any atom is 0.216 e. The lowest BCUT2D eigenvalue weighted by molar-refractivity contribution is -0.119. The van der Waals surface area contributed by atoms with Crippen LogP contribution in [-0.4, -0.2) is 37.4 Å². The standard InChI is InChI=1S/C6H13NO3/c1-5(9)7-3-6(4-8)10-2/h6,8H,3-4H2,1-2H3,(H,7,9). The second-order valence-corrected chi connectivity index (χ2v) is 1.98. The van der Waals surface area contributed by atoms with Gasteiger partial charge in [-0.05, 0) is 0 Å². The molecule has 0 radical (unpaired) electrons. The number of hydrogen-bond donors (Lipinski definition) is 2. The van der Waals surface area contributed by atoms with Crippen molar-refractivity contribution in [3.05, 3.63) is 0 Å². The van der Waals surface area contributed by atoms with Crippen molar-refractivity contribution >= 4 is 5.91 Å². The molecule has 1 unspecified atom stereocenters. The maximum atomic E-state index is 10.3. The number of rotatable bonds is 4. The molecule has 1 amide bonds. The first-order valence-corrected chi connectivity index (χ1v) is 3.08. The Labute approximate surface area is 60.2 Å². The normalized spacial score (nSPS) is 12.7. The predicted molar refractivity (Wildman–Crippen MR) is 36.6 cm³/mol. The second kappa shape index (κ2) is 5.20. The lowest BCUT2D eigenvalue weighted by Crippen LogP contribution is -2.33. The van der Waals surface area contributed by atoms with E-state index in [1.165, 1.54) is 14.0 Å². The van der Waals surface area contributed by atoms with Gasteiger partial charge in [0.1, 0.15) is 0 Å². The Balaban J connectivity index is 3.34. The molecule has 0 heterocycles. The molecule has 0 aromatic carbocycles. The zero-order valence-corrected chi connectivity index (χ0v) is 6.26. The predicted octanol–water partition coefficient (Wildman–Crippen LogP) is -0.870. The van der Waals surface area contributed by atoms with Crippen LogP contribution in [0.1, 0.15) is 6.92 Å². The molecule has 0 fully saturated rings. The molecule has 10 heavy (non-hydrogen) atoms. The van der Waals surface area contributed by atoms with Crippen molar-refractivity contribution in [3.8, 4) is 0 Å². The SMILES string of the molecule is COC(CO)CNC(C)=O. The fraction of sp³-hybridized carbons (Fsp3) is 0.833. The summed E-state index contributed by atoms with van der Waals surface area (Å²) < 4.78 is 4.79. The number of aliphatic hydroxyl groups is 1. The summed E-state index contributed by atoms with van der Waals surface area (Å²) in [6.45, 7) is 1.71. The molecule has 2 N–H and O–H groups in total. The van der Waals surface area contributed by atoms with Gasteiger partial charge < -0.3 is 15.2 Å². The van der Waals surface area contributed by atoms with Crippen LogP contribution in [0.3, 0.4) is 0 Å². The van der Waals surface area contributed by atoms with Gasteiger partial charge in [-0.3, -0.25) is 4.79 Å². The van der Waals surface area contributed by atoms with E-state index in [0.29, 0.717) is 6.54 Å². The number of amides is 1. The van der Waals surface area contributed by atoms with Gasteiger partial charge in [0.2, 0.25) is 5.91 Å². The number of nitrogens with one attached hydrogen (secondary N) is 1. The molecule has 0 aliphatic rings. The largest absolute Gasteiger partial charge is 0.394 e. The molecule has 0 rings (SSSR count). The highest BCUT2D eigenvalue weighted by Crippen LogP contribution is 1.83. The van der Waals surface area contributed by atoms with E-state index in [2.05, 4.69) is 5.32 Å². The van der Waals surface area contributed by atoms with Crippen molar-refractivity contribution in [2.75, 3.05) is 20.3 Å². The molecule has 0 aliphatic heterocycles. The Morgan fingerprint density at radius 2 is 2.40 bits per heavy atom. The van der Waals surface area contributed by atoms with Gasteiger partial charge in [-0.2, -0.15) is 0 Å². The molecule has 4 heteroatoms. The van der Waals surface area contributed by atoms with E-state index in [-0.39, 0.29) is 18.6 Å². The Morgan fingerprint density at radius 1 is 1.80 bits per heavy atom. The Morgan fingerprint density at radius 3 is 2.70 bits per heavy atom. The number of carbonyl (C=O) groups is 1. The van der Waals surface area contributed by atoms with Crippen molar-refractivity contribution in [1.82, 2.24) is 5.32 Å². The van der Waals surface area contributed by atoms with Crippen molar-refractivity contribution in [2.45, 2.75) is 13.0 Å². The van der Waals surface area contributed by atoms with Gasteiger partial charge in [0.15, 0.2) is 0 Å². The van der Waals surface area contributed by atoms with Crippen LogP contribution in [0.5, 0.6) is 0 Å². The van der Waals surface area contributed by atoms with E-state index in [1.807, 2.05) is 0 Å². The van der Waals surface area contributed by atoms with Crippen molar-refractivity contribution in [1.29, 1.82) is 0 Å². The third-order valence-electron chi connectivity index (χ3n) is 1.12. The summed E-state index contributed by atoms with van der Waals surface area (Å²) in [5.74, 6) is -0.115. The summed E-state index contributed by atoms with van der Waals surface area (Å²) in [6.07, 6.45) is -0.288. The number of ether oxygens (including phenoxy) is 1. The van der Waals surface area contributed by atoms with Crippen LogP contribution >= 0.6 is 0 Å². The molecule has 0 aromatic heterocycles. The molecule has 0 spiro atoms. The molecule has 4 nitrogen and oxygen atoms in total. The van der Waals surface area contributed by atoms with Gasteiger partial charge >= 0.3 is 0 Å². The molecule has 0 saturated heterocycles. The fourth-order valence-corrected chi connectivity index (χ4v) is 0.480. The van der Waals surface area contributed by atoms with E-state index < -0.39 is 0 Å². The van der Waals surface area contributed by atoms with E-state index in [9.17, 15) is 4.79 Å². The first kappa shape index (κ1) is 9.39. The van der Waals surface area contributed by atoms with Crippen molar-refractivity contribution in [2.24, 2.45) is 0 Å². The lowest BCUT2D eigenvalue weighted by atomic mass is 10.4.